The summed E-state index contributed by atoms with van der Waals surface area (Å²) in [4.78, 5) is 31.3. The summed E-state index contributed by atoms with van der Waals surface area (Å²) in [7, 11) is 0. The number of amidine groups is 1. The first-order chi connectivity index (χ1) is 16.9. The Kier molecular flexibility index (Phi) is 7.05. The number of rotatable bonds is 4. The van der Waals surface area contributed by atoms with E-state index in [0.29, 0.717) is 34.7 Å². The van der Waals surface area contributed by atoms with E-state index < -0.39 is 23.1 Å². The molecule has 2 atom stereocenters. The van der Waals surface area contributed by atoms with Crippen molar-refractivity contribution in [2.45, 2.75) is 5.54 Å². The highest BCUT2D eigenvalue weighted by Crippen LogP contribution is 2.47. The van der Waals surface area contributed by atoms with E-state index in [4.69, 9.17) is 11.0 Å². The van der Waals surface area contributed by atoms with Crippen molar-refractivity contribution in [1.82, 2.24) is 15.0 Å². The highest BCUT2D eigenvalue weighted by Gasteiger charge is 2.52. The second-order valence-electron chi connectivity index (χ2n) is 8.16. The van der Waals surface area contributed by atoms with Crippen LogP contribution in [-0.2, 0) is 5.54 Å². The van der Waals surface area contributed by atoms with Crippen LogP contribution in [-0.4, -0.2) is 44.9 Å². The number of fused-ring (bicyclic) bond motifs is 1. The maximum Gasteiger partial charge on any atom is 0.274 e. The lowest BCUT2D eigenvalue weighted by atomic mass is 9.81. The van der Waals surface area contributed by atoms with Gasteiger partial charge in [0.25, 0.3) is 5.91 Å². The molecule has 0 aliphatic carbocycles. The van der Waals surface area contributed by atoms with Gasteiger partial charge in [-0.3, -0.25) is 4.79 Å². The van der Waals surface area contributed by atoms with Gasteiger partial charge in [-0.05, 0) is 30.3 Å². The van der Waals surface area contributed by atoms with Crippen LogP contribution in [0.3, 0.4) is 0 Å². The highest BCUT2D eigenvalue weighted by molar-refractivity contribution is 8.13. The zero-order valence-corrected chi connectivity index (χ0v) is 20.2. The van der Waals surface area contributed by atoms with Crippen molar-refractivity contribution in [2.75, 3.05) is 29.1 Å². The minimum Gasteiger partial charge on any atom is -0.379 e. The lowest BCUT2D eigenvalue weighted by molar-refractivity contribution is 0.102. The van der Waals surface area contributed by atoms with Crippen molar-refractivity contribution in [3.8, 4) is 6.07 Å². The number of hydrogen-bond donors (Lipinski definition) is 2. The lowest BCUT2D eigenvalue weighted by Crippen LogP contribution is -2.40. The molecule has 4 heterocycles. The van der Waals surface area contributed by atoms with E-state index in [0.717, 1.165) is 12.4 Å². The highest BCUT2D eigenvalue weighted by atomic mass is 35.5. The fourth-order valence-corrected chi connectivity index (χ4v) is 5.32. The van der Waals surface area contributed by atoms with Gasteiger partial charge in [0, 0.05) is 35.7 Å². The van der Waals surface area contributed by atoms with E-state index in [-0.39, 0.29) is 36.1 Å². The molecule has 0 saturated carbocycles. The number of aliphatic imine (C=N–C) groups is 1. The fourth-order valence-electron chi connectivity index (χ4n) is 4.34. The number of halogens is 3. The molecule has 9 nitrogen and oxygen atoms in total. The second kappa shape index (κ2) is 10.0. The van der Waals surface area contributed by atoms with Gasteiger partial charge in [-0.15, -0.1) is 12.4 Å². The third kappa shape index (κ3) is 4.67. The van der Waals surface area contributed by atoms with Crippen LogP contribution >= 0.6 is 24.2 Å². The standard InChI is InChI=1S/C23H18F2N8OS.ClH/c24-15-8-29-22(30-9-15)33-10-14-11-35-21(27)32-23(14,12-33)17-5-16(2-3-18(17)25)31-20(34)19-4-1-13(6-26)7-28-19;/h1-5,7-9,14H,10-12H2,(H2,27,32)(H,31,34);1H/t14-,23-;/m0./s1. The molecule has 184 valence electrons. The van der Waals surface area contributed by atoms with Gasteiger partial charge in [-0.25, -0.2) is 28.7 Å². The van der Waals surface area contributed by atoms with Crippen molar-refractivity contribution in [2.24, 2.45) is 16.6 Å². The molecule has 36 heavy (non-hydrogen) atoms. The van der Waals surface area contributed by atoms with E-state index in [1.165, 1.54) is 42.2 Å². The summed E-state index contributed by atoms with van der Waals surface area (Å²) in [5.74, 6) is -0.766. The number of thioether (sulfide) groups is 1. The molecule has 2 aliphatic rings. The predicted octanol–water partition coefficient (Wildman–Crippen LogP) is 3.09. The number of carbonyl (C=O) groups excluding carboxylic acids is 1. The smallest absolute Gasteiger partial charge is 0.274 e. The number of nitrogens with one attached hydrogen (secondary N) is 1. The molecular formula is C23H19ClF2N8OS. The maximum absolute atomic E-state index is 15.3. The van der Waals surface area contributed by atoms with Gasteiger partial charge >= 0.3 is 0 Å². The van der Waals surface area contributed by atoms with E-state index in [1.807, 2.05) is 11.0 Å². The number of pyridine rings is 1. The van der Waals surface area contributed by atoms with E-state index in [1.54, 1.807) is 6.07 Å². The van der Waals surface area contributed by atoms with Gasteiger partial charge < -0.3 is 16.0 Å². The third-order valence-corrected chi connectivity index (χ3v) is 6.95. The Bertz CT molecular complexity index is 1370. The average molecular weight is 529 g/mol. The summed E-state index contributed by atoms with van der Waals surface area (Å²) in [5.41, 5.74) is 6.12. The number of amides is 1. The van der Waals surface area contributed by atoms with Crippen molar-refractivity contribution in [3.05, 3.63) is 77.4 Å². The monoisotopic (exact) mass is 528 g/mol. The van der Waals surface area contributed by atoms with Crippen molar-refractivity contribution >= 4 is 46.9 Å². The average Bonchev–Trinajstić information content (AvgIpc) is 3.25. The quantitative estimate of drug-likeness (QED) is 0.528. The van der Waals surface area contributed by atoms with Crippen LogP contribution in [0.2, 0.25) is 0 Å². The summed E-state index contributed by atoms with van der Waals surface area (Å²) >= 11 is 1.39. The number of anilines is 2. The number of nitrogens with two attached hydrogens (primary N) is 1. The topological polar surface area (TPSA) is 133 Å². The predicted molar refractivity (Wildman–Crippen MR) is 134 cm³/mol. The number of carbonyl (C=O) groups is 1. The van der Waals surface area contributed by atoms with Crippen LogP contribution in [0.5, 0.6) is 0 Å². The Morgan fingerprint density at radius 3 is 2.67 bits per heavy atom. The molecule has 13 heteroatoms. The van der Waals surface area contributed by atoms with Crippen LogP contribution in [0.25, 0.3) is 0 Å². The van der Waals surface area contributed by atoms with E-state index in [9.17, 15) is 9.18 Å². The maximum atomic E-state index is 15.3. The first-order valence-electron chi connectivity index (χ1n) is 10.6. The van der Waals surface area contributed by atoms with E-state index in [2.05, 4.69) is 25.3 Å². The number of aromatic nitrogens is 3. The van der Waals surface area contributed by atoms with Gasteiger partial charge in [0.15, 0.2) is 11.0 Å². The Morgan fingerprint density at radius 2 is 1.97 bits per heavy atom. The first kappa shape index (κ1) is 25.3. The summed E-state index contributed by atoms with van der Waals surface area (Å²) in [6.07, 6.45) is 3.46. The van der Waals surface area contributed by atoms with Gasteiger partial charge in [-0.2, -0.15) is 5.26 Å². The zero-order valence-electron chi connectivity index (χ0n) is 18.6. The summed E-state index contributed by atoms with van der Waals surface area (Å²) in [6, 6.07) is 9.14. The van der Waals surface area contributed by atoms with Crippen LogP contribution in [0.15, 0.2) is 53.9 Å². The second-order valence-corrected chi connectivity index (χ2v) is 9.20. The van der Waals surface area contributed by atoms with Crippen molar-refractivity contribution in [1.29, 1.82) is 5.26 Å². The molecule has 0 bridgehead atoms. The lowest BCUT2D eigenvalue weighted by Gasteiger charge is -2.35. The molecule has 0 radical (unpaired) electrons. The summed E-state index contributed by atoms with van der Waals surface area (Å²) in [6.45, 7) is 0.705. The molecule has 3 aromatic rings. The van der Waals surface area contributed by atoms with Crippen LogP contribution < -0.4 is 16.0 Å². The molecule has 0 unspecified atom stereocenters. The largest absolute Gasteiger partial charge is 0.379 e. The minimum absolute atomic E-state index is 0. The summed E-state index contributed by atoms with van der Waals surface area (Å²) in [5, 5.41) is 12.0. The third-order valence-electron chi connectivity index (χ3n) is 6.00. The van der Waals surface area contributed by atoms with Gasteiger partial charge in [-0.1, -0.05) is 11.8 Å². The van der Waals surface area contributed by atoms with Gasteiger partial charge in [0.1, 0.15) is 23.1 Å². The van der Waals surface area contributed by atoms with Crippen LogP contribution in [0.1, 0.15) is 21.6 Å². The minimum atomic E-state index is -1.04. The molecule has 5 rings (SSSR count). The Morgan fingerprint density at radius 1 is 1.19 bits per heavy atom. The zero-order chi connectivity index (χ0) is 24.6. The molecule has 2 aliphatic heterocycles. The normalized spacial score (nSPS) is 20.5. The number of nitriles is 1. The van der Waals surface area contributed by atoms with Gasteiger partial charge in [0.2, 0.25) is 5.95 Å². The number of nitrogens with zero attached hydrogens (tertiary/aromatic N) is 6. The van der Waals surface area contributed by atoms with Crippen LogP contribution in [0.4, 0.5) is 20.4 Å². The SMILES string of the molecule is Cl.N#Cc1ccc(C(=O)Nc2ccc(F)c([C@]34CN(c5ncc(F)cn5)C[C@H]3CSC(N)=N4)c2)nc1. The molecule has 1 saturated heterocycles. The molecular weight excluding hydrogens is 510 g/mol. The van der Waals surface area contributed by atoms with Crippen molar-refractivity contribution < 1.29 is 13.6 Å². The molecule has 2 aromatic heterocycles. The molecule has 3 N–H and O–H groups in total. The first-order valence-corrected chi connectivity index (χ1v) is 11.5. The molecule has 1 fully saturated rings. The molecule has 1 amide bonds. The summed E-state index contributed by atoms with van der Waals surface area (Å²) < 4.78 is 28.6. The Labute approximate surface area is 215 Å². The molecule has 0 spiro atoms. The fraction of sp³-hybridized carbons (Fsp3) is 0.217. The Hall–Kier alpha value is -3.82. The number of hydrogen-bond acceptors (Lipinski definition) is 9. The number of benzene rings is 1. The van der Waals surface area contributed by atoms with E-state index >= 15 is 4.39 Å². The van der Waals surface area contributed by atoms with Crippen molar-refractivity contribution in [3.63, 3.8) is 0 Å². The Balaban J connectivity index is 0.00000304. The molecule has 1 aromatic carbocycles. The van der Waals surface area contributed by atoms with Gasteiger partial charge in [0.05, 0.1) is 24.5 Å². The van der Waals surface area contributed by atoms with Crippen LogP contribution in [0, 0.1) is 28.9 Å².